The van der Waals surface area contributed by atoms with Gasteiger partial charge in [-0.3, -0.25) is 4.79 Å². The highest BCUT2D eigenvalue weighted by atomic mass is 32.1. The Labute approximate surface area is 92.2 Å². The van der Waals surface area contributed by atoms with Gasteiger partial charge in [0.05, 0.1) is 13.0 Å². The summed E-state index contributed by atoms with van der Waals surface area (Å²) >= 11 is 1.36. The van der Waals surface area contributed by atoms with E-state index in [1.807, 2.05) is 0 Å². The van der Waals surface area contributed by atoms with Crippen LogP contribution in [0.15, 0.2) is 6.33 Å². The van der Waals surface area contributed by atoms with Gasteiger partial charge in [0.2, 0.25) is 5.13 Å². The summed E-state index contributed by atoms with van der Waals surface area (Å²) in [6.45, 7) is 3.58. The first kappa shape index (κ1) is 10.4. The van der Waals surface area contributed by atoms with E-state index in [0.717, 1.165) is 11.7 Å². The van der Waals surface area contributed by atoms with Gasteiger partial charge in [-0.05, 0) is 5.92 Å². The summed E-state index contributed by atoms with van der Waals surface area (Å²) in [7, 11) is 1.43. The zero-order valence-corrected chi connectivity index (χ0v) is 9.53. The maximum atomic E-state index is 11.5. The maximum absolute atomic E-state index is 11.5. The Morgan fingerprint density at radius 2 is 2.47 bits per heavy atom. The van der Waals surface area contributed by atoms with Crippen molar-refractivity contribution >= 4 is 22.6 Å². The van der Waals surface area contributed by atoms with Crippen LogP contribution in [0.4, 0.5) is 5.13 Å². The Balaban J connectivity index is 2.07. The van der Waals surface area contributed by atoms with E-state index in [-0.39, 0.29) is 11.9 Å². The van der Waals surface area contributed by atoms with E-state index < -0.39 is 0 Å². The highest BCUT2D eigenvalue weighted by Crippen LogP contribution is 2.28. The summed E-state index contributed by atoms with van der Waals surface area (Å²) in [6.07, 6.45) is 1.54. The Morgan fingerprint density at radius 1 is 1.67 bits per heavy atom. The minimum atomic E-state index is -0.130. The molecule has 0 N–H and O–H groups in total. The molecule has 6 heteroatoms. The zero-order chi connectivity index (χ0) is 10.8. The predicted molar refractivity (Wildman–Crippen MR) is 56.8 cm³/mol. The number of ether oxygens (including phenoxy) is 1. The van der Waals surface area contributed by atoms with E-state index >= 15 is 0 Å². The molecule has 2 atom stereocenters. The molecule has 2 rings (SSSR count). The largest absolute Gasteiger partial charge is 0.469 e. The van der Waals surface area contributed by atoms with Gasteiger partial charge in [-0.15, -0.1) is 0 Å². The number of hydrogen-bond donors (Lipinski definition) is 0. The number of aromatic nitrogens is 2. The molecule has 5 nitrogen and oxygen atoms in total. The summed E-state index contributed by atoms with van der Waals surface area (Å²) in [5, 5.41) is 0.883. The number of esters is 1. The third-order valence-electron chi connectivity index (χ3n) is 2.74. The van der Waals surface area contributed by atoms with Crippen molar-refractivity contribution in [3.8, 4) is 0 Å². The van der Waals surface area contributed by atoms with E-state index in [0.29, 0.717) is 12.5 Å². The first-order valence-corrected chi connectivity index (χ1v) is 5.59. The van der Waals surface area contributed by atoms with Crippen LogP contribution in [0.2, 0.25) is 0 Å². The highest BCUT2D eigenvalue weighted by Gasteiger charge is 2.36. The van der Waals surface area contributed by atoms with Gasteiger partial charge in [-0.2, -0.15) is 4.37 Å². The lowest BCUT2D eigenvalue weighted by Gasteiger charge is -2.12. The van der Waals surface area contributed by atoms with E-state index in [2.05, 4.69) is 21.2 Å². The molecule has 1 aromatic heterocycles. The standard InChI is InChI=1S/C9H13N3O2S/c1-6-3-12(9-10-5-11-15-9)4-7(6)8(13)14-2/h5-7H,3-4H2,1-2H3. The molecule has 1 aliphatic heterocycles. The van der Waals surface area contributed by atoms with Gasteiger partial charge in [0.1, 0.15) is 6.33 Å². The van der Waals surface area contributed by atoms with E-state index in [1.54, 1.807) is 0 Å². The lowest BCUT2D eigenvalue weighted by Crippen LogP contribution is -2.24. The molecule has 82 valence electrons. The van der Waals surface area contributed by atoms with Gasteiger partial charge >= 0.3 is 5.97 Å². The van der Waals surface area contributed by atoms with Gasteiger partial charge < -0.3 is 9.64 Å². The van der Waals surface area contributed by atoms with E-state index in [4.69, 9.17) is 4.74 Å². The number of rotatable bonds is 2. The van der Waals surface area contributed by atoms with Crippen molar-refractivity contribution in [1.29, 1.82) is 0 Å². The molecule has 0 radical (unpaired) electrons. The van der Waals surface area contributed by atoms with Crippen LogP contribution in [0, 0.1) is 11.8 Å². The van der Waals surface area contributed by atoms with Gasteiger partial charge in [-0.1, -0.05) is 6.92 Å². The molecule has 2 unspecified atom stereocenters. The summed E-state index contributed by atoms with van der Waals surface area (Å²) in [4.78, 5) is 17.7. The molecular weight excluding hydrogens is 214 g/mol. The monoisotopic (exact) mass is 227 g/mol. The van der Waals surface area contributed by atoms with Crippen LogP contribution in [0.1, 0.15) is 6.92 Å². The van der Waals surface area contributed by atoms with Crippen LogP contribution in [-0.4, -0.2) is 35.5 Å². The van der Waals surface area contributed by atoms with Gasteiger partial charge in [0.25, 0.3) is 0 Å². The van der Waals surface area contributed by atoms with E-state index in [1.165, 1.54) is 25.0 Å². The van der Waals surface area contributed by atoms with Crippen LogP contribution < -0.4 is 4.90 Å². The smallest absolute Gasteiger partial charge is 0.310 e. The lowest BCUT2D eigenvalue weighted by molar-refractivity contribution is -0.145. The van der Waals surface area contributed by atoms with Gasteiger partial charge in [0.15, 0.2) is 0 Å². The average Bonchev–Trinajstić information content (AvgIpc) is 2.84. The molecule has 2 heterocycles. The Morgan fingerprint density at radius 3 is 3.07 bits per heavy atom. The first-order valence-electron chi connectivity index (χ1n) is 4.82. The molecule has 1 aromatic rings. The number of nitrogens with zero attached hydrogens (tertiary/aromatic N) is 3. The second kappa shape index (κ2) is 4.14. The quantitative estimate of drug-likeness (QED) is 0.699. The molecular formula is C9H13N3O2S. The van der Waals surface area contributed by atoms with Crippen molar-refractivity contribution in [3.05, 3.63) is 6.33 Å². The third kappa shape index (κ3) is 1.94. The third-order valence-corrected chi connectivity index (χ3v) is 3.46. The van der Waals surface area contributed by atoms with Crippen molar-refractivity contribution in [2.75, 3.05) is 25.1 Å². The number of anilines is 1. The fourth-order valence-electron chi connectivity index (χ4n) is 1.89. The van der Waals surface area contributed by atoms with Crippen molar-refractivity contribution in [2.45, 2.75) is 6.92 Å². The number of methoxy groups -OCH3 is 1. The molecule has 0 spiro atoms. The Hall–Kier alpha value is -1.17. The summed E-state index contributed by atoms with van der Waals surface area (Å²) < 4.78 is 8.73. The Bertz CT molecular complexity index is 341. The fourth-order valence-corrected chi connectivity index (χ4v) is 2.44. The van der Waals surface area contributed by atoms with Crippen molar-refractivity contribution in [1.82, 2.24) is 9.36 Å². The van der Waals surface area contributed by atoms with Crippen LogP contribution in [-0.2, 0) is 9.53 Å². The second-order valence-electron chi connectivity index (χ2n) is 3.74. The maximum Gasteiger partial charge on any atom is 0.310 e. The topological polar surface area (TPSA) is 55.3 Å². The van der Waals surface area contributed by atoms with Gasteiger partial charge in [-0.25, -0.2) is 4.98 Å². The molecule has 1 aliphatic rings. The minimum absolute atomic E-state index is 0.0427. The molecule has 0 aromatic carbocycles. The van der Waals surface area contributed by atoms with Crippen molar-refractivity contribution in [2.24, 2.45) is 11.8 Å². The molecule has 0 saturated carbocycles. The summed E-state index contributed by atoms with van der Waals surface area (Å²) in [6, 6.07) is 0. The fraction of sp³-hybridized carbons (Fsp3) is 0.667. The van der Waals surface area contributed by atoms with Crippen LogP contribution in [0.5, 0.6) is 0 Å². The summed E-state index contributed by atoms with van der Waals surface area (Å²) in [5.74, 6) is 0.134. The summed E-state index contributed by atoms with van der Waals surface area (Å²) in [5.41, 5.74) is 0. The number of carbonyl (C=O) groups is 1. The van der Waals surface area contributed by atoms with Crippen molar-refractivity contribution in [3.63, 3.8) is 0 Å². The molecule has 15 heavy (non-hydrogen) atoms. The first-order chi connectivity index (χ1) is 7.22. The minimum Gasteiger partial charge on any atom is -0.469 e. The highest BCUT2D eigenvalue weighted by molar-refractivity contribution is 7.09. The number of hydrogen-bond acceptors (Lipinski definition) is 6. The van der Waals surface area contributed by atoms with Crippen LogP contribution in [0.25, 0.3) is 0 Å². The van der Waals surface area contributed by atoms with Crippen molar-refractivity contribution < 1.29 is 9.53 Å². The average molecular weight is 227 g/mol. The molecule has 1 saturated heterocycles. The van der Waals surface area contributed by atoms with Crippen LogP contribution in [0.3, 0.4) is 0 Å². The molecule has 0 bridgehead atoms. The second-order valence-corrected chi connectivity index (χ2v) is 4.49. The SMILES string of the molecule is COC(=O)C1CN(c2ncns2)CC1C. The van der Waals surface area contributed by atoms with E-state index in [9.17, 15) is 4.79 Å². The van der Waals surface area contributed by atoms with Crippen LogP contribution >= 0.6 is 11.5 Å². The Kier molecular flexibility index (Phi) is 2.86. The molecule has 0 aliphatic carbocycles. The number of carbonyl (C=O) groups excluding carboxylic acids is 1. The molecule has 1 fully saturated rings. The normalized spacial score (nSPS) is 25.6. The van der Waals surface area contributed by atoms with Gasteiger partial charge in [0, 0.05) is 24.6 Å². The predicted octanol–water partition coefficient (Wildman–Crippen LogP) is 0.783. The molecule has 0 amide bonds. The lowest BCUT2D eigenvalue weighted by atomic mass is 9.99. The zero-order valence-electron chi connectivity index (χ0n) is 8.71.